The molecule has 2 N–H and O–H groups in total. The third kappa shape index (κ3) is 20.7. The number of ether oxygens (including phenoxy) is 1. The van der Waals surface area contributed by atoms with E-state index in [0.29, 0.717) is 19.3 Å². The van der Waals surface area contributed by atoms with Crippen molar-refractivity contribution in [3.63, 3.8) is 0 Å². The number of hydrogen-bond acceptors (Lipinski definition) is 4. The predicted molar refractivity (Wildman–Crippen MR) is 138 cm³/mol. The van der Waals surface area contributed by atoms with Crippen LogP contribution in [0.15, 0.2) is 78.9 Å². The van der Waals surface area contributed by atoms with Gasteiger partial charge >= 0.3 is 5.97 Å². The summed E-state index contributed by atoms with van der Waals surface area (Å²) in [6, 6.07) is 10.1. The summed E-state index contributed by atoms with van der Waals surface area (Å²) in [4.78, 5) is 10.9. The van der Waals surface area contributed by atoms with Gasteiger partial charge in [0.15, 0.2) is 0 Å². The highest BCUT2D eigenvalue weighted by Crippen LogP contribution is 2.05. The Morgan fingerprint density at radius 3 is 2.25 bits per heavy atom. The lowest BCUT2D eigenvalue weighted by molar-refractivity contribution is -0.140. The Morgan fingerprint density at radius 2 is 1.62 bits per heavy atom. The molecule has 0 saturated heterocycles. The SMILES string of the molecule is CCCCCCC/C=C/C=C/C=C\C=C\C(O)CCCC(=O)OC.CNc1ccccc1. The number of carbonyl (C=O) groups is 1. The van der Waals surface area contributed by atoms with E-state index in [0.717, 1.165) is 12.1 Å². The number of nitrogens with one attached hydrogen (secondary N) is 1. The fourth-order valence-corrected chi connectivity index (χ4v) is 2.75. The molecule has 0 saturated carbocycles. The number of esters is 1. The first-order valence-corrected chi connectivity index (χ1v) is 11.8. The quantitative estimate of drug-likeness (QED) is 0.175. The average Bonchev–Trinajstić information content (AvgIpc) is 2.82. The summed E-state index contributed by atoms with van der Waals surface area (Å²) >= 11 is 0. The summed E-state index contributed by atoms with van der Waals surface area (Å²) in [6.07, 6.45) is 24.4. The number of hydrogen-bond donors (Lipinski definition) is 2. The van der Waals surface area contributed by atoms with E-state index in [-0.39, 0.29) is 5.97 Å². The zero-order valence-corrected chi connectivity index (χ0v) is 20.2. The van der Waals surface area contributed by atoms with E-state index in [1.165, 1.54) is 39.2 Å². The minimum Gasteiger partial charge on any atom is -0.469 e. The van der Waals surface area contributed by atoms with Crippen LogP contribution in [0.2, 0.25) is 0 Å². The van der Waals surface area contributed by atoms with Crippen LogP contribution in [0.4, 0.5) is 5.69 Å². The van der Waals surface area contributed by atoms with Crippen LogP contribution in [0.1, 0.15) is 64.7 Å². The van der Waals surface area contributed by atoms with Gasteiger partial charge < -0.3 is 15.2 Å². The molecule has 0 aliphatic heterocycles. The number of para-hydroxylation sites is 1. The molecular formula is C28H43NO3. The van der Waals surface area contributed by atoms with Crippen molar-refractivity contribution in [3.05, 3.63) is 78.9 Å². The molecule has 4 heteroatoms. The van der Waals surface area contributed by atoms with E-state index in [9.17, 15) is 9.90 Å². The third-order valence-electron chi connectivity index (χ3n) is 4.67. The van der Waals surface area contributed by atoms with Gasteiger partial charge in [-0.2, -0.15) is 0 Å². The molecule has 0 heterocycles. The minimum atomic E-state index is -0.518. The zero-order chi connectivity index (χ0) is 23.7. The molecule has 0 aromatic heterocycles. The lowest BCUT2D eigenvalue weighted by atomic mass is 10.1. The highest BCUT2D eigenvalue weighted by atomic mass is 16.5. The van der Waals surface area contributed by atoms with Crippen LogP contribution in [0.5, 0.6) is 0 Å². The topological polar surface area (TPSA) is 58.6 Å². The van der Waals surface area contributed by atoms with E-state index in [1.807, 2.05) is 67.8 Å². The van der Waals surface area contributed by atoms with E-state index in [2.05, 4.69) is 29.1 Å². The first kappa shape index (κ1) is 29.4. The molecule has 1 atom stereocenters. The fraction of sp³-hybridized carbons (Fsp3) is 0.464. The normalized spacial score (nSPS) is 12.4. The number of aliphatic hydroxyl groups is 1. The van der Waals surface area contributed by atoms with Gasteiger partial charge in [0.05, 0.1) is 13.2 Å². The monoisotopic (exact) mass is 441 g/mol. The first-order chi connectivity index (χ1) is 15.6. The highest BCUT2D eigenvalue weighted by Gasteiger charge is 2.02. The van der Waals surface area contributed by atoms with Gasteiger partial charge in [0, 0.05) is 19.2 Å². The summed E-state index contributed by atoms with van der Waals surface area (Å²) in [5.41, 5.74) is 1.16. The molecule has 32 heavy (non-hydrogen) atoms. The minimum absolute atomic E-state index is 0.231. The second-order valence-electron chi connectivity index (χ2n) is 7.44. The average molecular weight is 442 g/mol. The molecular weight excluding hydrogens is 398 g/mol. The van der Waals surface area contributed by atoms with Crippen LogP contribution in [-0.4, -0.2) is 31.3 Å². The highest BCUT2D eigenvalue weighted by molar-refractivity contribution is 5.68. The van der Waals surface area contributed by atoms with Gasteiger partial charge in [-0.3, -0.25) is 4.79 Å². The Kier molecular flexibility index (Phi) is 21.2. The number of methoxy groups -OCH3 is 1. The van der Waals surface area contributed by atoms with Gasteiger partial charge in [-0.25, -0.2) is 0 Å². The van der Waals surface area contributed by atoms with Crippen molar-refractivity contribution in [2.24, 2.45) is 0 Å². The Bertz CT molecular complexity index is 663. The molecule has 0 amide bonds. The van der Waals surface area contributed by atoms with Crippen LogP contribution in [0, 0.1) is 0 Å². The number of aliphatic hydroxyl groups excluding tert-OH is 1. The second kappa shape index (κ2) is 23.1. The van der Waals surface area contributed by atoms with Gasteiger partial charge in [-0.1, -0.05) is 99.4 Å². The first-order valence-electron chi connectivity index (χ1n) is 11.8. The van der Waals surface area contributed by atoms with Crippen molar-refractivity contribution in [2.45, 2.75) is 70.8 Å². The summed E-state index contributed by atoms with van der Waals surface area (Å²) in [6.45, 7) is 2.24. The van der Waals surface area contributed by atoms with Crippen LogP contribution in [0.25, 0.3) is 0 Å². The summed E-state index contributed by atoms with van der Waals surface area (Å²) in [5.74, 6) is -0.231. The van der Waals surface area contributed by atoms with Gasteiger partial charge in [-0.15, -0.1) is 0 Å². The Balaban J connectivity index is 0.000000995. The Hall–Kier alpha value is -2.59. The molecule has 4 nitrogen and oxygen atoms in total. The molecule has 0 radical (unpaired) electrons. The van der Waals surface area contributed by atoms with Crippen LogP contribution < -0.4 is 5.32 Å². The molecule has 0 aliphatic rings. The third-order valence-corrected chi connectivity index (χ3v) is 4.67. The molecule has 1 unspecified atom stereocenters. The Labute approximate surface area is 195 Å². The van der Waals surface area contributed by atoms with Crippen LogP contribution in [0.3, 0.4) is 0 Å². The van der Waals surface area contributed by atoms with Crippen molar-refractivity contribution >= 4 is 11.7 Å². The number of carbonyl (C=O) groups excluding carboxylic acids is 1. The van der Waals surface area contributed by atoms with Crippen molar-refractivity contribution < 1.29 is 14.6 Å². The van der Waals surface area contributed by atoms with E-state index < -0.39 is 6.10 Å². The predicted octanol–water partition coefficient (Wildman–Crippen LogP) is 7.00. The maximum absolute atomic E-state index is 10.9. The second-order valence-corrected chi connectivity index (χ2v) is 7.44. The molecule has 1 rings (SSSR count). The smallest absolute Gasteiger partial charge is 0.305 e. The molecule has 0 fully saturated rings. The molecule has 1 aromatic carbocycles. The molecule has 0 aliphatic carbocycles. The number of unbranched alkanes of at least 4 members (excludes halogenated alkanes) is 5. The lowest BCUT2D eigenvalue weighted by Gasteiger charge is -2.03. The summed E-state index contributed by atoms with van der Waals surface area (Å²) < 4.78 is 4.55. The molecule has 1 aromatic rings. The van der Waals surface area contributed by atoms with E-state index >= 15 is 0 Å². The maximum atomic E-state index is 10.9. The van der Waals surface area contributed by atoms with Crippen molar-refractivity contribution in [1.29, 1.82) is 0 Å². The van der Waals surface area contributed by atoms with Gasteiger partial charge in [0.2, 0.25) is 0 Å². The number of allylic oxidation sites excluding steroid dienone is 7. The van der Waals surface area contributed by atoms with Crippen molar-refractivity contribution in [1.82, 2.24) is 0 Å². The number of rotatable bonds is 15. The standard InChI is InChI=1S/C21H34O3.C7H9N/c1-3-4-5-6-7-8-9-10-11-12-13-14-15-17-20(22)18-16-19-21(23)24-2;1-8-7-5-3-2-4-6-7/h9-15,17,20,22H,3-8,16,18-19H2,1-2H3;2-6,8H,1H3/b10-9+,12-11+,14-13-,17-15+;. The molecule has 0 spiro atoms. The van der Waals surface area contributed by atoms with Gasteiger partial charge in [-0.05, 0) is 37.8 Å². The fourth-order valence-electron chi connectivity index (χ4n) is 2.75. The number of benzene rings is 1. The van der Waals surface area contributed by atoms with Crippen LogP contribution >= 0.6 is 0 Å². The van der Waals surface area contributed by atoms with E-state index in [4.69, 9.17) is 0 Å². The zero-order valence-electron chi connectivity index (χ0n) is 20.2. The number of anilines is 1. The van der Waals surface area contributed by atoms with E-state index in [1.54, 1.807) is 6.08 Å². The summed E-state index contributed by atoms with van der Waals surface area (Å²) in [5, 5.41) is 12.7. The molecule has 0 bridgehead atoms. The molecule has 178 valence electrons. The summed E-state index contributed by atoms with van der Waals surface area (Å²) in [7, 11) is 3.29. The largest absolute Gasteiger partial charge is 0.469 e. The Morgan fingerprint density at radius 1 is 0.969 bits per heavy atom. The lowest BCUT2D eigenvalue weighted by Crippen LogP contribution is -2.05. The van der Waals surface area contributed by atoms with Gasteiger partial charge in [0.25, 0.3) is 0 Å². The van der Waals surface area contributed by atoms with Gasteiger partial charge in [0.1, 0.15) is 0 Å². The van der Waals surface area contributed by atoms with Crippen LogP contribution in [-0.2, 0) is 9.53 Å². The maximum Gasteiger partial charge on any atom is 0.305 e. The van der Waals surface area contributed by atoms with Crippen molar-refractivity contribution in [3.8, 4) is 0 Å². The van der Waals surface area contributed by atoms with Crippen molar-refractivity contribution in [2.75, 3.05) is 19.5 Å².